The van der Waals surface area contributed by atoms with Gasteiger partial charge in [0, 0.05) is 36.5 Å². The van der Waals surface area contributed by atoms with Crippen LogP contribution in [-0.2, 0) is 10.0 Å². The summed E-state index contributed by atoms with van der Waals surface area (Å²) in [6.45, 7) is 2.86. The molecule has 0 unspecified atom stereocenters. The number of carbonyl (C=O) groups excluding carboxylic acids is 1. The second-order valence-corrected chi connectivity index (χ2v) is 9.64. The molecule has 0 aliphatic carbocycles. The van der Waals surface area contributed by atoms with E-state index in [9.17, 15) is 13.2 Å². The minimum absolute atomic E-state index is 0.0906. The molecule has 0 radical (unpaired) electrons. The molecule has 4 rings (SSSR count). The third kappa shape index (κ3) is 4.04. The van der Waals surface area contributed by atoms with E-state index < -0.39 is 15.9 Å². The first kappa shape index (κ1) is 19.6. The Balaban J connectivity index is 1.52. The maximum atomic E-state index is 12.7. The zero-order valence-corrected chi connectivity index (χ0v) is 17.2. The molecule has 1 fully saturated rings. The third-order valence-corrected chi connectivity index (χ3v) is 7.39. The van der Waals surface area contributed by atoms with Crippen molar-refractivity contribution in [2.24, 2.45) is 0 Å². The summed E-state index contributed by atoms with van der Waals surface area (Å²) in [6, 6.07) is 6.71. The Morgan fingerprint density at radius 3 is 2.76 bits per heavy atom. The molecule has 2 aromatic heterocycles. The number of benzene rings is 1. The molecule has 1 amide bonds. The van der Waals surface area contributed by atoms with E-state index in [0.29, 0.717) is 18.8 Å². The lowest BCUT2D eigenvalue weighted by molar-refractivity contribution is 0.102. The Morgan fingerprint density at radius 1 is 1.24 bits per heavy atom. The van der Waals surface area contributed by atoms with Crippen molar-refractivity contribution in [3.8, 4) is 5.69 Å². The number of aromatic amines is 1. The summed E-state index contributed by atoms with van der Waals surface area (Å²) in [5, 5.41) is 13.9. The molecule has 0 saturated carbocycles. The van der Waals surface area contributed by atoms with Gasteiger partial charge in [-0.15, -0.1) is 5.10 Å². The number of anilines is 1. The number of amides is 1. The summed E-state index contributed by atoms with van der Waals surface area (Å²) in [7, 11) is -3.61. The first-order chi connectivity index (χ1) is 13.9. The van der Waals surface area contributed by atoms with Gasteiger partial charge in [0.15, 0.2) is 0 Å². The summed E-state index contributed by atoms with van der Waals surface area (Å²) in [4.78, 5) is 15.5. The Labute approximate surface area is 171 Å². The number of thioether (sulfide) groups is 1. The fraction of sp³-hybridized carbons (Fsp3) is 0.294. The fourth-order valence-corrected chi connectivity index (χ4v) is 5.56. The maximum absolute atomic E-state index is 12.7. The van der Waals surface area contributed by atoms with Gasteiger partial charge in [-0.2, -0.15) is 16.1 Å². The molecule has 3 heterocycles. The molecule has 1 aliphatic rings. The topological polar surface area (TPSA) is 126 Å². The van der Waals surface area contributed by atoms with Crippen molar-refractivity contribution in [3.05, 3.63) is 48.0 Å². The third-order valence-electron chi connectivity index (χ3n) is 4.57. The molecule has 0 spiro atoms. The van der Waals surface area contributed by atoms with Crippen LogP contribution in [0.5, 0.6) is 0 Å². The van der Waals surface area contributed by atoms with Crippen molar-refractivity contribution >= 4 is 33.4 Å². The highest BCUT2D eigenvalue weighted by Gasteiger charge is 2.27. The second kappa shape index (κ2) is 7.97. The molecule has 10 nitrogen and oxygen atoms in total. The van der Waals surface area contributed by atoms with Gasteiger partial charge < -0.3 is 10.3 Å². The van der Waals surface area contributed by atoms with E-state index in [1.54, 1.807) is 23.9 Å². The number of aryl methyl sites for hydroxylation is 1. The average molecular weight is 434 g/mol. The van der Waals surface area contributed by atoms with Crippen LogP contribution in [-0.4, -0.2) is 68.4 Å². The van der Waals surface area contributed by atoms with Crippen LogP contribution >= 0.6 is 11.8 Å². The lowest BCUT2D eigenvalue weighted by atomic mass is 10.2. The highest BCUT2D eigenvalue weighted by Crippen LogP contribution is 2.22. The van der Waals surface area contributed by atoms with Crippen LogP contribution in [0.4, 0.5) is 5.69 Å². The van der Waals surface area contributed by atoms with E-state index in [4.69, 9.17) is 0 Å². The van der Waals surface area contributed by atoms with Gasteiger partial charge in [0.2, 0.25) is 10.0 Å². The highest BCUT2D eigenvalue weighted by molar-refractivity contribution is 7.99. The summed E-state index contributed by atoms with van der Waals surface area (Å²) in [5.41, 5.74) is 2.37. The van der Waals surface area contributed by atoms with Gasteiger partial charge in [0.05, 0.1) is 5.69 Å². The van der Waals surface area contributed by atoms with Gasteiger partial charge in [-0.1, -0.05) is 6.07 Å². The van der Waals surface area contributed by atoms with Gasteiger partial charge in [0.1, 0.15) is 16.9 Å². The number of rotatable bonds is 5. The van der Waals surface area contributed by atoms with Crippen molar-refractivity contribution in [2.45, 2.75) is 11.8 Å². The van der Waals surface area contributed by atoms with E-state index in [1.807, 2.05) is 13.0 Å². The zero-order chi connectivity index (χ0) is 20.4. The molecular formula is C17H19N7O3S2. The summed E-state index contributed by atoms with van der Waals surface area (Å²) >= 11 is 1.73. The maximum Gasteiger partial charge on any atom is 0.272 e. The van der Waals surface area contributed by atoms with Crippen molar-refractivity contribution in [3.63, 3.8) is 0 Å². The molecular weight excluding hydrogens is 414 g/mol. The number of hydrogen-bond donors (Lipinski definition) is 2. The van der Waals surface area contributed by atoms with Gasteiger partial charge in [-0.25, -0.2) is 13.1 Å². The first-order valence-electron chi connectivity index (χ1n) is 8.87. The predicted octanol–water partition coefficient (Wildman–Crippen LogP) is 1.29. The summed E-state index contributed by atoms with van der Waals surface area (Å²) in [5.74, 6) is 1.11. The van der Waals surface area contributed by atoms with E-state index >= 15 is 0 Å². The molecule has 0 atom stereocenters. The molecule has 1 aliphatic heterocycles. The monoisotopic (exact) mass is 433 g/mol. The summed E-state index contributed by atoms with van der Waals surface area (Å²) < 4.78 is 28.4. The molecule has 0 bridgehead atoms. The Morgan fingerprint density at radius 2 is 2.03 bits per heavy atom. The van der Waals surface area contributed by atoms with E-state index in [2.05, 4.69) is 25.8 Å². The fourth-order valence-electron chi connectivity index (χ4n) is 2.99. The number of aromatic nitrogens is 5. The van der Waals surface area contributed by atoms with E-state index in [1.165, 1.54) is 27.6 Å². The van der Waals surface area contributed by atoms with Crippen LogP contribution in [0.15, 0.2) is 41.7 Å². The van der Waals surface area contributed by atoms with Crippen LogP contribution in [0.1, 0.15) is 16.1 Å². The number of H-pyrrole nitrogens is 1. The van der Waals surface area contributed by atoms with E-state index in [-0.39, 0.29) is 10.6 Å². The number of tetrazole rings is 1. The standard InChI is InChI=1S/C17H19N7O3S2/c1-12-2-3-13(8-16(12)24-11-19-21-22-24)20-17(25)15-9-14(10-18-15)29(26,27)23-4-6-28-7-5-23/h2-3,8-11,18H,4-7H2,1H3,(H,20,25). The Bertz CT molecular complexity index is 1120. The van der Waals surface area contributed by atoms with Crippen LogP contribution in [0.2, 0.25) is 0 Å². The lowest BCUT2D eigenvalue weighted by Crippen LogP contribution is -2.37. The number of hydrogen-bond acceptors (Lipinski definition) is 7. The lowest BCUT2D eigenvalue weighted by Gasteiger charge is -2.24. The number of nitrogens with zero attached hydrogens (tertiary/aromatic N) is 5. The van der Waals surface area contributed by atoms with Crippen LogP contribution in [0.25, 0.3) is 5.69 Å². The van der Waals surface area contributed by atoms with E-state index in [0.717, 1.165) is 22.8 Å². The quantitative estimate of drug-likeness (QED) is 0.621. The molecule has 2 N–H and O–H groups in total. The van der Waals surface area contributed by atoms with Crippen molar-refractivity contribution in [2.75, 3.05) is 29.9 Å². The van der Waals surface area contributed by atoms with Crippen molar-refractivity contribution in [1.82, 2.24) is 29.5 Å². The van der Waals surface area contributed by atoms with Gasteiger partial charge in [-0.05, 0) is 41.1 Å². The summed E-state index contributed by atoms with van der Waals surface area (Å²) in [6.07, 6.45) is 2.82. The smallest absolute Gasteiger partial charge is 0.272 e. The van der Waals surface area contributed by atoms with Crippen LogP contribution in [0.3, 0.4) is 0 Å². The minimum atomic E-state index is -3.61. The number of sulfonamides is 1. The number of carbonyl (C=O) groups is 1. The molecule has 1 saturated heterocycles. The second-order valence-electron chi connectivity index (χ2n) is 6.48. The largest absolute Gasteiger partial charge is 0.356 e. The Kier molecular flexibility index (Phi) is 5.39. The number of nitrogens with one attached hydrogen (secondary N) is 2. The zero-order valence-electron chi connectivity index (χ0n) is 15.6. The highest BCUT2D eigenvalue weighted by atomic mass is 32.2. The molecule has 1 aromatic carbocycles. The minimum Gasteiger partial charge on any atom is -0.356 e. The van der Waals surface area contributed by atoms with Crippen LogP contribution in [0, 0.1) is 6.92 Å². The van der Waals surface area contributed by atoms with Crippen LogP contribution < -0.4 is 5.32 Å². The predicted molar refractivity (Wildman–Crippen MR) is 109 cm³/mol. The van der Waals surface area contributed by atoms with Crippen molar-refractivity contribution in [1.29, 1.82) is 0 Å². The van der Waals surface area contributed by atoms with Gasteiger partial charge in [0.25, 0.3) is 5.91 Å². The van der Waals surface area contributed by atoms with Gasteiger partial charge >= 0.3 is 0 Å². The van der Waals surface area contributed by atoms with Gasteiger partial charge in [-0.3, -0.25) is 4.79 Å². The molecule has 29 heavy (non-hydrogen) atoms. The van der Waals surface area contributed by atoms with Crippen molar-refractivity contribution < 1.29 is 13.2 Å². The first-order valence-corrected chi connectivity index (χ1v) is 11.5. The SMILES string of the molecule is Cc1ccc(NC(=O)c2cc(S(=O)(=O)N3CCSCC3)c[nH]2)cc1-n1cnnn1. The normalized spacial score (nSPS) is 15.3. The molecule has 12 heteroatoms. The molecule has 152 valence electrons. The average Bonchev–Trinajstić information content (AvgIpc) is 3.42. The molecule has 3 aromatic rings. The Hall–Kier alpha value is -2.70.